The molecule has 0 spiro atoms. The van der Waals surface area contributed by atoms with Gasteiger partial charge in [0.2, 0.25) is 0 Å². The van der Waals surface area contributed by atoms with Crippen LogP contribution in [-0.4, -0.2) is 15.3 Å². The van der Waals surface area contributed by atoms with Gasteiger partial charge in [-0.25, -0.2) is 0 Å². The van der Waals surface area contributed by atoms with E-state index in [0.717, 1.165) is 11.3 Å². The summed E-state index contributed by atoms with van der Waals surface area (Å²) in [5.41, 5.74) is 3.12. The predicted molar refractivity (Wildman–Crippen MR) is 97.0 cm³/mol. The van der Waals surface area contributed by atoms with E-state index in [1.165, 1.54) is 18.2 Å². The van der Waals surface area contributed by atoms with Crippen molar-refractivity contribution in [1.29, 1.82) is 0 Å². The molecular weight excluding hydrogens is 316 g/mol. The van der Waals surface area contributed by atoms with E-state index in [0.29, 0.717) is 11.3 Å². The molecule has 0 atom stereocenters. The first-order valence-corrected chi connectivity index (χ1v) is 7.76. The highest BCUT2D eigenvalue weighted by molar-refractivity contribution is 6.06. The second-order valence-electron chi connectivity index (χ2n) is 5.65. The SMILES string of the molecule is Cc1cccc(C(=O)/C=C/c2cccn2-c2cccc([N+](=O)[O-])c2)c1. The summed E-state index contributed by atoms with van der Waals surface area (Å²) in [4.78, 5) is 22.8. The number of allylic oxidation sites excluding steroid dienone is 1. The smallest absolute Gasteiger partial charge is 0.271 e. The average Bonchev–Trinajstić information content (AvgIpc) is 3.08. The second kappa shape index (κ2) is 6.97. The predicted octanol–water partition coefficient (Wildman–Crippen LogP) is 4.59. The lowest BCUT2D eigenvalue weighted by atomic mass is 10.1. The minimum atomic E-state index is -0.427. The van der Waals surface area contributed by atoms with E-state index in [4.69, 9.17) is 0 Å². The molecule has 0 unspecified atom stereocenters. The maximum absolute atomic E-state index is 12.3. The number of aryl methyl sites for hydroxylation is 1. The van der Waals surface area contributed by atoms with Crippen LogP contribution in [0.5, 0.6) is 0 Å². The molecule has 0 aliphatic rings. The van der Waals surface area contributed by atoms with E-state index in [1.54, 1.807) is 35.0 Å². The second-order valence-corrected chi connectivity index (χ2v) is 5.65. The highest BCUT2D eigenvalue weighted by atomic mass is 16.6. The molecule has 0 saturated heterocycles. The number of non-ortho nitro benzene ring substituents is 1. The number of hydrogen-bond acceptors (Lipinski definition) is 3. The number of rotatable bonds is 5. The maximum Gasteiger partial charge on any atom is 0.271 e. The molecule has 5 heteroatoms. The Hall–Kier alpha value is -3.47. The summed E-state index contributed by atoms with van der Waals surface area (Å²) >= 11 is 0. The number of ketones is 1. The van der Waals surface area contributed by atoms with Crippen LogP contribution in [0.2, 0.25) is 0 Å². The molecule has 0 aliphatic heterocycles. The van der Waals surface area contributed by atoms with Crippen molar-refractivity contribution >= 4 is 17.5 Å². The minimum Gasteiger partial charge on any atom is -0.317 e. The lowest BCUT2D eigenvalue weighted by Crippen LogP contribution is -1.98. The van der Waals surface area contributed by atoms with E-state index in [2.05, 4.69) is 0 Å². The van der Waals surface area contributed by atoms with E-state index >= 15 is 0 Å². The number of carbonyl (C=O) groups excluding carboxylic acids is 1. The Kier molecular flexibility index (Phi) is 4.57. The zero-order valence-electron chi connectivity index (χ0n) is 13.6. The van der Waals surface area contributed by atoms with Crippen molar-refractivity contribution in [2.75, 3.05) is 0 Å². The summed E-state index contributed by atoms with van der Waals surface area (Å²) in [7, 11) is 0. The summed E-state index contributed by atoms with van der Waals surface area (Å²) in [6.45, 7) is 1.94. The Balaban J connectivity index is 1.88. The van der Waals surface area contributed by atoms with Crippen LogP contribution >= 0.6 is 0 Å². The quantitative estimate of drug-likeness (QED) is 0.297. The Bertz CT molecular complexity index is 970. The Morgan fingerprint density at radius 1 is 1.08 bits per heavy atom. The van der Waals surface area contributed by atoms with E-state index in [-0.39, 0.29) is 11.5 Å². The number of nitrogens with zero attached hydrogens (tertiary/aromatic N) is 2. The van der Waals surface area contributed by atoms with Gasteiger partial charge in [-0.2, -0.15) is 0 Å². The van der Waals surface area contributed by atoms with Crippen LogP contribution in [0, 0.1) is 17.0 Å². The van der Waals surface area contributed by atoms with Gasteiger partial charge in [0.1, 0.15) is 0 Å². The molecule has 3 aromatic rings. The van der Waals surface area contributed by atoms with Gasteiger partial charge in [0.05, 0.1) is 10.6 Å². The van der Waals surface area contributed by atoms with Crippen LogP contribution in [0.4, 0.5) is 5.69 Å². The van der Waals surface area contributed by atoms with Gasteiger partial charge in [-0.1, -0.05) is 29.8 Å². The summed E-state index contributed by atoms with van der Waals surface area (Å²) in [5.74, 6) is -0.0875. The van der Waals surface area contributed by atoms with Gasteiger partial charge < -0.3 is 4.57 Å². The molecule has 0 N–H and O–H groups in total. The number of benzene rings is 2. The number of carbonyl (C=O) groups is 1. The number of nitro benzene ring substituents is 1. The highest BCUT2D eigenvalue weighted by Crippen LogP contribution is 2.19. The van der Waals surface area contributed by atoms with Crippen molar-refractivity contribution in [1.82, 2.24) is 4.57 Å². The molecule has 2 aromatic carbocycles. The fourth-order valence-electron chi connectivity index (χ4n) is 2.58. The summed E-state index contributed by atoms with van der Waals surface area (Å²) in [6, 6.07) is 17.4. The monoisotopic (exact) mass is 332 g/mol. The maximum atomic E-state index is 12.3. The van der Waals surface area contributed by atoms with Crippen LogP contribution < -0.4 is 0 Å². The molecule has 1 aromatic heterocycles. The molecule has 0 saturated carbocycles. The van der Waals surface area contributed by atoms with Crippen molar-refractivity contribution in [3.05, 3.63) is 99.9 Å². The molecular formula is C20H16N2O3. The first-order chi connectivity index (χ1) is 12.0. The Morgan fingerprint density at radius 2 is 1.88 bits per heavy atom. The number of nitro groups is 1. The van der Waals surface area contributed by atoms with Gasteiger partial charge in [0, 0.05) is 29.6 Å². The normalized spacial score (nSPS) is 10.9. The summed E-state index contributed by atoms with van der Waals surface area (Å²) in [5, 5.41) is 10.9. The van der Waals surface area contributed by atoms with Crippen molar-refractivity contribution in [3.63, 3.8) is 0 Å². The zero-order valence-corrected chi connectivity index (χ0v) is 13.6. The standard InChI is InChI=1S/C20H16N2O3/c1-15-5-2-6-16(13-15)20(23)11-10-17-9-4-12-21(17)18-7-3-8-19(14-18)22(24)25/h2-14H,1H3/b11-10+. The summed E-state index contributed by atoms with van der Waals surface area (Å²) < 4.78 is 1.80. The van der Waals surface area contributed by atoms with Crippen LogP contribution in [0.15, 0.2) is 72.9 Å². The topological polar surface area (TPSA) is 65.1 Å². The fourth-order valence-corrected chi connectivity index (χ4v) is 2.58. The Labute approximate surface area is 145 Å². The van der Waals surface area contributed by atoms with E-state index < -0.39 is 4.92 Å². The van der Waals surface area contributed by atoms with Crippen LogP contribution in [-0.2, 0) is 0 Å². The largest absolute Gasteiger partial charge is 0.317 e. The molecule has 25 heavy (non-hydrogen) atoms. The van der Waals surface area contributed by atoms with Crippen molar-refractivity contribution in [2.24, 2.45) is 0 Å². The van der Waals surface area contributed by atoms with Gasteiger partial charge in [-0.3, -0.25) is 14.9 Å². The lowest BCUT2D eigenvalue weighted by Gasteiger charge is -2.06. The highest BCUT2D eigenvalue weighted by Gasteiger charge is 2.08. The molecule has 0 fully saturated rings. The van der Waals surface area contributed by atoms with Gasteiger partial charge in [0.25, 0.3) is 5.69 Å². The molecule has 0 radical (unpaired) electrons. The first-order valence-electron chi connectivity index (χ1n) is 7.76. The lowest BCUT2D eigenvalue weighted by molar-refractivity contribution is -0.384. The number of aromatic nitrogens is 1. The third-order valence-electron chi connectivity index (χ3n) is 3.81. The van der Waals surface area contributed by atoms with E-state index in [1.807, 2.05) is 37.3 Å². The molecule has 5 nitrogen and oxygen atoms in total. The minimum absolute atomic E-state index is 0.0250. The van der Waals surface area contributed by atoms with Crippen molar-refractivity contribution < 1.29 is 9.72 Å². The molecule has 3 rings (SSSR count). The molecule has 0 aliphatic carbocycles. The van der Waals surface area contributed by atoms with Gasteiger partial charge in [0.15, 0.2) is 5.78 Å². The Morgan fingerprint density at radius 3 is 2.64 bits per heavy atom. The summed E-state index contributed by atoms with van der Waals surface area (Å²) in [6.07, 6.45) is 5.03. The first kappa shape index (κ1) is 16.4. The zero-order chi connectivity index (χ0) is 17.8. The third kappa shape index (κ3) is 3.72. The molecule has 0 amide bonds. The van der Waals surface area contributed by atoms with Crippen molar-refractivity contribution in [3.8, 4) is 5.69 Å². The van der Waals surface area contributed by atoms with Gasteiger partial charge in [-0.15, -0.1) is 0 Å². The van der Waals surface area contributed by atoms with Crippen LogP contribution in [0.25, 0.3) is 11.8 Å². The molecule has 1 heterocycles. The van der Waals surface area contributed by atoms with Crippen LogP contribution in [0.3, 0.4) is 0 Å². The third-order valence-corrected chi connectivity index (χ3v) is 3.81. The van der Waals surface area contributed by atoms with Gasteiger partial charge >= 0.3 is 0 Å². The van der Waals surface area contributed by atoms with E-state index in [9.17, 15) is 14.9 Å². The van der Waals surface area contributed by atoms with Crippen LogP contribution in [0.1, 0.15) is 21.6 Å². The number of hydrogen-bond donors (Lipinski definition) is 0. The average molecular weight is 332 g/mol. The van der Waals surface area contributed by atoms with Crippen molar-refractivity contribution in [2.45, 2.75) is 6.92 Å². The fraction of sp³-hybridized carbons (Fsp3) is 0.0500. The van der Waals surface area contributed by atoms with Gasteiger partial charge in [-0.05, 0) is 43.3 Å². The molecule has 124 valence electrons. The molecule has 0 bridgehead atoms.